The van der Waals surface area contributed by atoms with Gasteiger partial charge in [-0.3, -0.25) is 9.59 Å². The van der Waals surface area contributed by atoms with Gasteiger partial charge in [-0.15, -0.1) is 25.3 Å². The second-order valence-electron chi connectivity index (χ2n) is 11.8. The Hall–Kier alpha value is -2.70. The average Bonchev–Trinajstić information content (AvgIpc) is 3.09. The Labute approximate surface area is 280 Å². The molecule has 3 aromatic rings. The van der Waals surface area contributed by atoms with Crippen LogP contribution in [0, 0.1) is 6.92 Å². The van der Waals surface area contributed by atoms with E-state index in [-0.39, 0.29) is 27.8 Å². The molecule has 2 heterocycles. The molecule has 12 nitrogen and oxygen atoms in total. The van der Waals surface area contributed by atoms with Crippen LogP contribution >= 0.6 is 25.3 Å². The lowest BCUT2D eigenvalue weighted by atomic mass is 9.69. The summed E-state index contributed by atoms with van der Waals surface area (Å²) in [7, 11) is 0. The smallest absolute Gasteiger partial charge is 0.201 e. The maximum absolute atomic E-state index is 14.2. The number of ketones is 2. The molecule has 0 radical (unpaired) electrons. The molecule has 0 aliphatic carbocycles. The molecule has 5 rings (SSSR count). The first-order chi connectivity index (χ1) is 22.1. The molecule has 47 heavy (non-hydrogen) atoms. The lowest BCUT2D eigenvalue weighted by molar-refractivity contribution is -0.279. The highest BCUT2D eigenvalue weighted by Crippen LogP contribution is 2.57. The van der Waals surface area contributed by atoms with Gasteiger partial charge in [-0.25, -0.2) is 0 Å². The quantitative estimate of drug-likeness (QED) is 0.108. The highest BCUT2D eigenvalue weighted by Gasteiger charge is 2.71. The van der Waals surface area contributed by atoms with Crippen molar-refractivity contribution in [2.75, 3.05) is 13.2 Å². The number of benzene rings is 3. The number of aliphatic hydroxyl groups excluding tert-OH is 6. The zero-order valence-electron chi connectivity index (χ0n) is 25.0. The monoisotopic (exact) mass is 688 g/mol. The summed E-state index contributed by atoms with van der Waals surface area (Å²) in [5.41, 5.74) is -7.02. The van der Waals surface area contributed by atoms with Gasteiger partial charge in [0.15, 0.2) is 21.1 Å². The van der Waals surface area contributed by atoms with Crippen molar-refractivity contribution in [3.63, 3.8) is 0 Å². The number of aliphatic hydroxyl groups is 8. The summed E-state index contributed by atoms with van der Waals surface area (Å²) in [4.78, 5) is 22.9. The molecule has 0 unspecified atom stereocenters. The summed E-state index contributed by atoms with van der Waals surface area (Å²) in [6.45, 7) is -0.340. The third kappa shape index (κ3) is 5.19. The minimum atomic E-state index is -3.14. The van der Waals surface area contributed by atoms with Crippen LogP contribution in [-0.2, 0) is 19.3 Å². The number of rotatable bonds is 8. The van der Waals surface area contributed by atoms with E-state index in [4.69, 9.17) is 22.1 Å². The Kier molecular flexibility index (Phi) is 9.82. The first-order valence-electron chi connectivity index (χ1n) is 14.6. The van der Waals surface area contributed by atoms with Crippen LogP contribution in [0.3, 0.4) is 0 Å². The average molecular weight is 689 g/mol. The summed E-state index contributed by atoms with van der Waals surface area (Å²) >= 11 is 9.36. The van der Waals surface area contributed by atoms with Crippen molar-refractivity contribution in [2.24, 2.45) is 0 Å². The Morgan fingerprint density at radius 1 is 0.660 bits per heavy atom. The predicted molar refractivity (Wildman–Crippen MR) is 172 cm³/mol. The molecule has 2 aliphatic heterocycles. The normalized spacial score (nSPS) is 37.3. The third-order valence-corrected chi connectivity index (χ3v) is 10.4. The van der Waals surface area contributed by atoms with Gasteiger partial charge in [-0.1, -0.05) is 78.9 Å². The van der Waals surface area contributed by atoms with Gasteiger partial charge in [-0.05, 0) is 12.5 Å². The molecular weight excluding hydrogens is 652 g/mol. The molecule has 0 bridgehead atoms. The van der Waals surface area contributed by atoms with Crippen LogP contribution in [0.2, 0.25) is 0 Å². The first kappa shape index (κ1) is 35.6. The van der Waals surface area contributed by atoms with Gasteiger partial charge >= 0.3 is 0 Å². The maximum Gasteiger partial charge on any atom is 0.201 e. The lowest BCUT2D eigenvalue weighted by Gasteiger charge is -2.56. The molecule has 2 saturated heterocycles. The van der Waals surface area contributed by atoms with Crippen LogP contribution < -0.4 is 0 Å². The minimum Gasteiger partial charge on any atom is -0.394 e. The van der Waals surface area contributed by atoms with Crippen molar-refractivity contribution in [3.8, 4) is 0 Å². The third-order valence-electron chi connectivity index (χ3n) is 9.04. The number of ether oxygens (including phenoxy) is 2. The number of carbonyl (C=O) groups excluding carboxylic acids is 2. The molecule has 0 amide bonds. The second kappa shape index (κ2) is 13.0. The summed E-state index contributed by atoms with van der Waals surface area (Å²) < 4.78 is 12.0. The van der Waals surface area contributed by atoms with Crippen LogP contribution in [0.1, 0.15) is 37.4 Å². The molecule has 10 atom stereocenters. The summed E-state index contributed by atoms with van der Waals surface area (Å²) in [6, 6.07) is 18.7. The molecule has 0 saturated carbocycles. The predicted octanol–water partition coefficient (Wildman–Crippen LogP) is -0.386. The number of thiol groups is 2. The molecule has 0 aromatic heterocycles. The van der Waals surface area contributed by atoms with E-state index in [0.29, 0.717) is 0 Å². The maximum atomic E-state index is 14.2. The van der Waals surface area contributed by atoms with E-state index < -0.39 is 82.5 Å². The van der Waals surface area contributed by atoms with Crippen LogP contribution in [-0.4, -0.2) is 113 Å². The minimum absolute atomic E-state index is 0.120. The van der Waals surface area contributed by atoms with Gasteiger partial charge in [0, 0.05) is 22.3 Å². The zero-order valence-corrected chi connectivity index (χ0v) is 26.8. The zero-order chi connectivity index (χ0) is 34.5. The van der Waals surface area contributed by atoms with E-state index in [2.05, 4.69) is 12.6 Å². The number of carbonyl (C=O) groups is 2. The van der Waals surface area contributed by atoms with Gasteiger partial charge in [0.25, 0.3) is 0 Å². The summed E-state index contributed by atoms with van der Waals surface area (Å²) in [5, 5.41) is 89.7. The number of hydrogen-bond donors (Lipinski definition) is 10. The molecule has 3 aromatic carbocycles. The van der Waals surface area contributed by atoms with Gasteiger partial charge < -0.3 is 50.3 Å². The summed E-state index contributed by atoms with van der Waals surface area (Å²) in [5.74, 6) is -2.30. The van der Waals surface area contributed by atoms with Crippen molar-refractivity contribution in [1.29, 1.82) is 0 Å². The van der Waals surface area contributed by atoms with Gasteiger partial charge in [0.2, 0.25) is 11.6 Å². The highest BCUT2D eigenvalue weighted by atomic mass is 32.1. The number of aryl methyl sites for hydroxylation is 1. The van der Waals surface area contributed by atoms with Crippen molar-refractivity contribution in [2.45, 2.75) is 64.6 Å². The van der Waals surface area contributed by atoms with Crippen LogP contribution in [0.15, 0.2) is 78.9 Å². The van der Waals surface area contributed by atoms with Crippen LogP contribution in [0.25, 0.3) is 0 Å². The Morgan fingerprint density at radius 2 is 1.06 bits per heavy atom. The Morgan fingerprint density at radius 3 is 1.49 bits per heavy atom. The first-order valence-corrected chi connectivity index (χ1v) is 15.5. The van der Waals surface area contributed by atoms with Crippen molar-refractivity contribution >= 4 is 36.8 Å². The standard InChI is InChI=1S/C33H36O12S2/c1-17-9-8-14-20(32(46)30(42,26(38)18-10-4-2-5-11-18)28(40)24(36)21(15-34)44-32)23(17)33(47)31(43,27(39)19-12-6-3-7-13-19)29(41)25(37)22(16-35)45-33/h2-14,21-22,24-25,28-29,34-37,40-43,46-47H,15-16H2,1H3/t21-,22-,24+,25+,28+,29+,30-,31-,32-,33-/m1/s1. The number of hydrogen-bond acceptors (Lipinski definition) is 14. The van der Waals surface area contributed by atoms with Crippen LogP contribution in [0.4, 0.5) is 0 Å². The van der Waals surface area contributed by atoms with Crippen molar-refractivity contribution in [1.82, 2.24) is 0 Å². The topological polar surface area (TPSA) is 214 Å². The Bertz CT molecular complexity index is 1630. The molecule has 2 fully saturated rings. The fraction of sp³-hybridized carbons (Fsp3) is 0.394. The van der Waals surface area contributed by atoms with E-state index in [1.807, 2.05) is 0 Å². The van der Waals surface area contributed by atoms with Gasteiger partial charge in [0.1, 0.15) is 36.6 Å². The van der Waals surface area contributed by atoms with Gasteiger partial charge in [-0.2, -0.15) is 0 Å². The van der Waals surface area contributed by atoms with E-state index >= 15 is 0 Å². The summed E-state index contributed by atoms with van der Waals surface area (Å²) in [6.07, 6.45) is -12.0. The molecule has 0 spiro atoms. The van der Waals surface area contributed by atoms with Crippen molar-refractivity contribution in [3.05, 3.63) is 107 Å². The highest BCUT2D eigenvalue weighted by molar-refractivity contribution is 7.81. The van der Waals surface area contributed by atoms with E-state index in [9.17, 15) is 50.4 Å². The van der Waals surface area contributed by atoms with E-state index in [0.717, 1.165) is 0 Å². The Balaban J connectivity index is 1.84. The van der Waals surface area contributed by atoms with Gasteiger partial charge in [0.05, 0.1) is 13.2 Å². The van der Waals surface area contributed by atoms with Crippen molar-refractivity contribution < 1.29 is 59.9 Å². The lowest BCUT2D eigenvalue weighted by Crippen LogP contribution is -2.74. The molecule has 14 heteroatoms. The van der Waals surface area contributed by atoms with E-state index in [1.165, 1.54) is 73.7 Å². The second-order valence-corrected chi connectivity index (χ2v) is 13.0. The fourth-order valence-electron chi connectivity index (χ4n) is 6.46. The molecule has 252 valence electrons. The molecule has 8 N–H and O–H groups in total. The molecule has 2 aliphatic rings. The van der Waals surface area contributed by atoms with Crippen LogP contribution in [0.5, 0.6) is 0 Å². The fourth-order valence-corrected chi connectivity index (χ4v) is 7.68. The largest absolute Gasteiger partial charge is 0.394 e. The SMILES string of the molecule is Cc1cccc([C@]2(S)O[C@H](CO)[C@H](O)[C@H](O)[C@]2(O)C(=O)c2ccccc2)c1[C@]1(S)O[C@H](CO)[C@H](O)[C@H](O)[C@]1(O)C(=O)c1ccccc1. The van der Waals surface area contributed by atoms with E-state index in [1.54, 1.807) is 12.1 Å². The number of Topliss-reactive ketones (excluding diaryl/α,β-unsaturated/α-hetero) is 2. The molecular formula is C33H36O12S2.